The first kappa shape index (κ1) is 21.6. The fourth-order valence-electron chi connectivity index (χ4n) is 6.63. The summed E-state index contributed by atoms with van der Waals surface area (Å²) < 4.78 is 0. The number of carbonyl (C=O) groups excluding carboxylic acids is 2. The van der Waals surface area contributed by atoms with Crippen LogP contribution in [0, 0.1) is 28.6 Å². The minimum absolute atomic E-state index is 0. The highest BCUT2D eigenvalue weighted by molar-refractivity contribution is 5.88. The molecule has 0 aromatic heterocycles. The summed E-state index contributed by atoms with van der Waals surface area (Å²) >= 11 is 0. The first-order valence-corrected chi connectivity index (χ1v) is 10.6. The number of carbonyl (C=O) groups is 2. The lowest BCUT2D eigenvalue weighted by Crippen LogP contribution is -2.56. The molecule has 7 heteroatoms. The predicted octanol–water partition coefficient (Wildman–Crippen LogP) is 2.83. The van der Waals surface area contributed by atoms with Gasteiger partial charge in [-0.15, -0.1) is 12.4 Å². The molecule has 1 amide bonds. The van der Waals surface area contributed by atoms with Crippen LogP contribution >= 0.6 is 12.4 Å². The van der Waals surface area contributed by atoms with E-state index in [0.29, 0.717) is 49.5 Å². The highest BCUT2D eigenvalue weighted by atomic mass is 35.5. The Hall–Kier alpha value is -1.14. The molecule has 3 aliphatic carbocycles. The molecule has 1 aliphatic heterocycles. The Morgan fingerprint density at radius 1 is 1.14 bits per heavy atom. The highest BCUT2D eigenvalue weighted by Gasteiger charge is 2.60. The van der Waals surface area contributed by atoms with E-state index < -0.39 is 0 Å². The number of rotatable bonds is 3. The molecule has 1 heterocycles. The third-order valence-corrected chi connectivity index (χ3v) is 8.36. The van der Waals surface area contributed by atoms with Crippen molar-refractivity contribution in [2.75, 3.05) is 13.2 Å². The Bertz CT molecular complexity index is 669. The molecule has 4 rings (SSSR count). The zero-order valence-corrected chi connectivity index (χ0v) is 17.9. The maximum Gasteiger partial charge on any atom is 0.220 e. The number of nitrogens with two attached hydrogens (primary N) is 1. The van der Waals surface area contributed by atoms with E-state index in [1.54, 1.807) is 0 Å². The average molecular weight is 412 g/mol. The van der Waals surface area contributed by atoms with E-state index in [0.717, 1.165) is 44.2 Å². The van der Waals surface area contributed by atoms with Gasteiger partial charge in [0.1, 0.15) is 12.4 Å². The van der Waals surface area contributed by atoms with Gasteiger partial charge in [-0.2, -0.15) is 0 Å². The maximum atomic E-state index is 12.8. The number of nitrogens with one attached hydrogen (secondary N) is 1. The van der Waals surface area contributed by atoms with Gasteiger partial charge in [-0.1, -0.05) is 19.0 Å². The second kappa shape index (κ2) is 7.94. The number of nitrogens with zero attached hydrogens (tertiary/aromatic N) is 1. The van der Waals surface area contributed by atoms with E-state index >= 15 is 0 Å². The van der Waals surface area contributed by atoms with Crippen LogP contribution in [0.5, 0.6) is 0 Å². The zero-order valence-electron chi connectivity index (χ0n) is 17.0. The SMILES string of the molecule is C[C@]12CC/C(=N/OCCN)CC1CC(=O)N[C@@H]1[C@@H]2CC[C@]2(C)C(=O)CC[C@@H]12.Cl. The van der Waals surface area contributed by atoms with Crippen molar-refractivity contribution in [1.82, 2.24) is 5.32 Å². The molecule has 3 N–H and O–H groups in total. The van der Waals surface area contributed by atoms with Crippen molar-refractivity contribution < 1.29 is 14.4 Å². The van der Waals surface area contributed by atoms with E-state index in [-0.39, 0.29) is 35.2 Å². The normalized spacial score (nSPS) is 43.9. The maximum absolute atomic E-state index is 12.8. The number of halogens is 1. The lowest BCUT2D eigenvalue weighted by molar-refractivity contribution is -0.131. The molecule has 1 saturated heterocycles. The van der Waals surface area contributed by atoms with Gasteiger partial charge in [0.25, 0.3) is 0 Å². The number of fused-ring (bicyclic) bond motifs is 5. The second-order valence-electron chi connectivity index (χ2n) is 9.61. The molecule has 4 fully saturated rings. The summed E-state index contributed by atoms with van der Waals surface area (Å²) in [5, 5.41) is 7.66. The van der Waals surface area contributed by atoms with Crippen molar-refractivity contribution in [3.8, 4) is 0 Å². The van der Waals surface area contributed by atoms with Crippen LogP contribution in [0.15, 0.2) is 5.16 Å². The number of oxime groups is 1. The van der Waals surface area contributed by atoms with Gasteiger partial charge in [-0.3, -0.25) is 9.59 Å². The van der Waals surface area contributed by atoms with E-state index in [1.165, 1.54) is 0 Å². The molecule has 0 spiro atoms. The summed E-state index contributed by atoms with van der Waals surface area (Å²) in [5.41, 5.74) is 6.42. The topological polar surface area (TPSA) is 93.8 Å². The molecule has 0 radical (unpaired) electrons. The first-order chi connectivity index (χ1) is 12.9. The third-order valence-electron chi connectivity index (χ3n) is 8.36. The number of ketones is 1. The lowest BCUT2D eigenvalue weighted by Gasteiger charge is -2.53. The van der Waals surface area contributed by atoms with Gasteiger partial charge in [0, 0.05) is 30.8 Å². The van der Waals surface area contributed by atoms with Crippen molar-refractivity contribution in [2.24, 2.45) is 39.5 Å². The van der Waals surface area contributed by atoms with Crippen LogP contribution in [-0.2, 0) is 14.4 Å². The van der Waals surface area contributed by atoms with Crippen molar-refractivity contribution >= 4 is 29.8 Å². The molecular formula is C21H34ClN3O3. The van der Waals surface area contributed by atoms with E-state index in [4.69, 9.17) is 10.6 Å². The van der Waals surface area contributed by atoms with Gasteiger partial charge in [-0.25, -0.2) is 0 Å². The molecule has 0 aromatic rings. The van der Waals surface area contributed by atoms with Crippen LogP contribution < -0.4 is 11.1 Å². The molecular weight excluding hydrogens is 378 g/mol. The third kappa shape index (κ3) is 3.36. The number of hydrogen-bond acceptors (Lipinski definition) is 5. The summed E-state index contributed by atoms with van der Waals surface area (Å²) in [7, 11) is 0. The highest BCUT2D eigenvalue weighted by Crippen LogP contribution is 2.60. The van der Waals surface area contributed by atoms with E-state index in [1.807, 2.05) is 0 Å². The Kier molecular flexibility index (Phi) is 6.12. The molecule has 158 valence electrons. The fourth-order valence-corrected chi connectivity index (χ4v) is 6.63. The van der Waals surface area contributed by atoms with Gasteiger partial charge in [0.15, 0.2) is 0 Å². The molecule has 6 atom stereocenters. The Morgan fingerprint density at radius 2 is 1.93 bits per heavy atom. The summed E-state index contributed by atoms with van der Waals surface area (Å²) in [6.45, 7) is 5.42. The monoisotopic (exact) mass is 411 g/mol. The van der Waals surface area contributed by atoms with Crippen LogP contribution in [-0.4, -0.2) is 36.6 Å². The van der Waals surface area contributed by atoms with E-state index in [2.05, 4.69) is 24.3 Å². The minimum atomic E-state index is -0.234. The summed E-state index contributed by atoms with van der Waals surface area (Å²) in [6, 6.07) is 0.143. The predicted molar refractivity (Wildman–Crippen MR) is 110 cm³/mol. The molecule has 0 aromatic carbocycles. The molecule has 28 heavy (non-hydrogen) atoms. The van der Waals surface area contributed by atoms with Gasteiger partial charge in [0.2, 0.25) is 5.91 Å². The Balaban J connectivity index is 0.00000225. The molecule has 1 unspecified atom stereocenters. The van der Waals surface area contributed by atoms with Crippen LogP contribution in [0.1, 0.15) is 65.2 Å². The number of Topliss-reactive ketones (excluding diaryl/α,β-unsaturated/α-hetero) is 1. The molecule has 3 saturated carbocycles. The van der Waals surface area contributed by atoms with Crippen LogP contribution in [0.25, 0.3) is 0 Å². The van der Waals surface area contributed by atoms with Gasteiger partial charge < -0.3 is 15.9 Å². The average Bonchev–Trinajstić information content (AvgIpc) is 2.87. The van der Waals surface area contributed by atoms with Crippen LogP contribution in [0.2, 0.25) is 0 Å². The smallest absolute Gasteiger partial charge is 0.220 e. The quantitative estimate of drug-likeness (QED) is 0.551. The van der Waals surface area contributed by atoms with Crippen molar-refractivity contribution in [1.29, 1.82) is 0 Å². The van der Waals surface area contributed by atoms with Gasteiger partial charge >= 0.3 is 0 Å². The molecule has 6 nitrogen and oxygen atoms in total. The Morgan fingerprint density at radius 3 is 2.68 bits per heavy atom. The second-order valence-corrected chi connectivity index (χ2v) is 9.61. The minimum Gasteiger partial charge on any atom is -0.395 e. The zero-order chi connectivity index (χ0) is 19.2. The lowest BCUT2D eigenvalue weighted by atomic mass is 9.52. The van der Waals surface area contributed by atoms with Gasteiger partial charge in [0.05, 0.1) is 5.71 Å². The summed E-state index contributed by atoms with van der Waals surface area (Å²) in [5.74, 6) is 1.59. The fraction of sp³-hybridized carbons (Fsp3) is 0.857. The van der Waals surface area contributed by atoms with Crippen LogP contribution in [0.4, 0.5) is 0 Å². The number of hydrogen-bond donors (Lipinski definition) is 2. The molecule has 4 aliphatic rings. The summed E-state index contributed by atoms with van der Waals surface area (Å²) in [4.78, 5) is 30.7. The van der Waals surface area contributed by atoms with Gasteiger partial charge in [-0.05, 0) is 61.7 Å². The van der Waals surface area contributed by atoms with Crippen LogP contribution in [0.3, 0.4) is 0 Å². The van der Waals surface area contributed by atoms with Crippen molar-refractivity contribution in [3.63, 3.8) is 0 Å². The Labute approximate surface area is 173 Å². The first-order valence-electron chi connectivity index (χ1n) is 10.6. The van der Waals surface area contributed by atoms with Crippen molar-refractivity contribution in [3.05, 3.63) is 0 Å². The number of amides is 1. The van der Waals surface area contributed by atoms with E-state index in [9.17, 15) is 9.59 Å². The standard InChI is InChI=1S/C21H33N3O3.ClH/c1-20-7-5-14(24-27-10-9-22)11-13(20)12-18(26)23-19-15-3-4-17(25)21(15,2)8-6-16(19)20;/h13,15-16,19H,3-12,22H2,1-2H3,(H,23,26);1H/b24-14-;/t13?,15-,16-,19-,20-,21-;/m0./s1. The summed E-state index contributed by atoms with van der Waals surface area (Å²) in [6.07, 6.45) is 6.96. The molecule has 0 bridgehead atoms. The van der Waals surface area contributed by atoms with Crippen molar-refractivity contribution in [2.45, 2.75) is 71.3 Å². The largest absolute Gasteiger partial charge is 0.395 e.